The van der Waals surface area contributed by atoms with E-state index >= 15 is 0 Å². The first-order valence-electron chi connectivity index (χ1n) is 4.86. The minimum atomic E-state index is 0.723. The molecule has 16 heavy (non-hydrogen) atoms. The summed E-state index contributed by atoms with van der Waals surface area (Å²) in [4.78, 5) is 1.06. The number of thioether (sulfide) groups is 1. The van der Waals surface area contributed by atoms with E-state index in [0.29, 0.717) is 0 Å². The molecule has 0 fully saturated rings. The summed E-state index contributed by atoms with van der Waals surface area (Å²) in [5, 5.41) is 0.723. The van der Waals surface area contributed by atoms with Crippen LogP contribution in [0.5, 0.6) is 11.5 Å². The van der Waals surface area contributed by atoms with Gasteiger partial charge in [0.25, 0.3) is 0 Å². The Morgan fingerprint density at radius 1 is 1.00 bits per heavy atom. The molecule has 0 atom stereocenters. The minimum absolute atomic E-state index is 0.723. The molecule has 2 aromatic carbocycles. The quantitative estimate of drug-likeness (QED) is 0.720. The van der Waals surface area contributed by atoms with Crippen molar-refractivity contribution < 1.29 is 4.74 Å². The summed E-state index contributed by atoms with van der Waals surface area (Å²) in [6.45, 7) is 0. The van der Waals surface area contributed by atoms with Gasteiger partial charge in [0.05, 0.1) is 5.02 Å². The first-order chi connectivity index (χ1) is 7.79. The normalized spacial score (nSPS) is 10.1. The second-order valence-corrected chi connectivity index (χ2v) is 4.47. The average Bonchev–Trinajstić information content (AvgIpc) is 2.31. The molecule has 2 rings (SSSR count). The van der Waals surface area contributed by atoms with E-state index in [-0.39, 0.29) is 0 Å². The van der Waals surface area contributed by atoms with Crippen molar-refractivity contribution in [1.82, 2.24) is 0 Å². The van der Waals surface area contributed by atoms with Gasteiger partial charge in [-0.2, -0.15) is 0 Å². The van der Waals surface area contributed by atoms with E-state index in [1.54, 1.807) is 11.8 Å². The van der Waals surface area contributed by atoms with Crippen LogP contribution in [0.1, 0.15) is 0 Å². The zero-order valence-electron chi connectivity index (χ0n) is 8.81. The lowest BCUT2D eigenvalue weighted by Crippen LogP contribution is -1.84. The third-order valence-corrected chi connectivity index (χ3v) is 3.32. The predicted octanol–water partition coefficient (Wildman–Crippen LogP) is 4.85. The molecule has 0 aliphatic carbocycles. The Hall–Kier alpha value is -1.12. The molecule has 0 aliphatic heterocycles. The van der Waals surface area contributed by atoms with Crippen LogP contribution in [0, 0.1) is 0 Å². The van der Waals surface area contributed by atoms with Gasteiger partial charge in [-0.25, -0.2) is 0 Å². The van der Waals surface area contributed by atoms with Crippen LogP contribution in [0.15, 0.2) is 53.4 Å². The number of ether oxygens (including phenoxy) is 1. The molecule has 0 aromatic heterocycles. The van der Waals surface area contributed by atoms with Crippen molar-refractivity contribution in [3.63, 3.8) is 0 Å². The average molecular weight is 251 g/mol. The van der Waals surface area contributed by atoms with Crippen molar-refractivity contribution in [2.24, 2.45) is 0 Å². The third-order valence-electron chi connectivity index (χ3n) is 2.10. The van der Waals surface area contributed by atoms with Gasteiger partial charge in [-0.15, -0.1) is 11.8 Å². The smallest absolute Gasteiger partial charge is 0.128 e. The van der Waals surface area contributed by atoms with Crippen LogP contribution < -0.4 is 4.74 Å². The molecule has 0 unspecified atom stereocenters. The van der Waals surface area contributed by atoms with Gasteiger partial charge in [-0.1, -0.05) is 29.8 Å². The van der Waals surface area contributed by atoms with Gasteiger partial charge in [0.2, 0.25) is 0 Å². The summed E-state index contributed by atoms with van der Waals surface area (Å²) in [6.07, 6.45) is 2.00. The van der Waals surface area contributed by atoms with E-state index in [1.165, 1.54) is 0 Å². The highest BCUT2D eigenvalue weighted by atomic mass is 35.5. The van der Waals surface area contributed by atoms with Gasteiger partial charge in [-0.05, 0) is 30.5 Å². The zero-order chi connectivity index (χ0) is 11.4. The van der Waals surface area contributed by atoms with E-state index in [0.717, 1.165) is 21.4 Å². The van der Waals surface area contributed by atoms with Crippen LogP contribution in [-0.4, -0.2) is 6.26 Å². The van der Waals surface area contributed by atoms with Crippen molar-refractivity contribution in [2.45, 2.75) is 4.90 Å². The molecule has 0 heterocycles. The Kier molecular flexibility index (Phi) is 3.75. The maximum absolute atomic E-state index is 6.09. The Morgan fingerprint density at radius 2 is 1.75 bits per heavy atom. The Balaban J connectivity index is 2.20. The van der Waals surface area contributed by atoms with Crippen LogP contribution >= 0.6 is 23.4 Å². The lowest BCUT2D eigenvalue weighted by atomic mass is 10.3. The maximum atomic E-state index is 6.09. The second kappa shape index (κ2) is 5.28. The van der Waals surface area contributed by atoms with Gasteiger partial charge < -0.3 is 4.74 Å². The minimum Gasteiger partial charge on any atom is -0.457 e. The van der Waals surface area contributed by atoms with Crippen LogP contribution in [0.2, 0.25) is 5.02 Å². The van der Waals surface area contributed by atoms with Gasteiger partial charge in [0.15, 0.2) is 0 Å². The van der Waals surface area contributed by atoms with Crippen molar-refractivity contribution in [3.05, 3.63) is 53.6 Å². The first kappa shape index (κ1) is 11.4. The number of para-hydroxylation sites is 1. The first-order valence-corrected chi connectivity index (χ1v) is 6.46. The molecule has 0 spiro atoms. The monoisotopic (exact) mass is 250 g/mol. The highest BCUT2D eigenvalue weighted by Crippen LogP contribution is 2.31. The number of rotatable bonds is 3. The lowest BCUT2D eigenvalue weighted by molar-refractivity contribution is 0.482. The van der Waals surface area contributed by atoms with Gasteiger partial charge in [0.1, 0.15) is 11.5 Å². The summed E-state index contributed by atoms with van der Waals surface area (Å²) in [6, 6.07) is 15.4. The predicted molar refractivity (Wildman–Crippen MR) is 69.7 cm³/mol. The van der Waals surface area contributed by atoms with Gasteiger partial charge in [-0.3, -0.25) is 0 Å². The molecule has 0 N–H and O–H groups in total. The van der Waals surface area contributed by atoms with E-state index in [1.807, 2.05) is 54.8 Å². The van der Waals surface area contributed by atoms with Crippen LogP contribution in [-0.2, 0) is 0 Å². The summed E-state index contributed by atoms with van der Waals surface area (Å²) in [5.41, 5.74) is 0. The molecule has 3 heteroatoms. The van der Waals surface area contributed by atoms with Crippen LogP contribution in [0.25, 0.3) is 0 Å². The summed E-state index contributed by atoms with van der Waals surface area (Å²) in [5.74, 6) is 1.57. The molecule has 1 nitrogen and oxygen atoms in total. The largest absolute Gasteiger partial charge is 0.457 e. The summed E-state index contributed by atoms with van der Waals surface area (Å²) < 4.78 is 5.66. The van der Waals surface area contributed by atoms with E-state index < -0.39 is 0 Å². The number of benzene rings is 2. The summed E-state index contributed by atoms with van der Waals surface area (Å²) >= 11 is 7.72. The SMILES string of the molecule is CSc1ccc(Oc2ccccc2)cc1Cl. The molecule has 0 bridgehead atoms. The molecule has 0 saturated heterocycles. The second-order valence-electron chi connectivity index (χ2n) is 3.21. The molecule has 0 amide bonds. The van der Waals surface area contributed by atoms with Crippen LogP contribution in [0.3, 0.4) is 0 Å². The fraction of sp³-hybridized carbons (Fsp3) is 0.0769. The topological polar surface area (TPSA) is 9.23 Å². The zero-order valence-corrected chi connectivity index (χ0v) is 10.4. The van der Waals surface area contributed by atoms with E-state index in [9.17, 15) is 0 Å². The highest BCUT2D eigenvalue weighted by molar-refractivity contribution is 7.98. The van der Waals surface area contributed by atoms with Crippen LogP contribution in [0.4, 0.5) is 0 Å². The molecule has 0 radical (unpaired) electrons. The van der Waals surface area contributed by atoms with E-state index in [2.05, 4.69) is 0 Å². The lowest BCUT2D eigenvalue weighted by Gasteiger charge is -2.07. The number of hydrogen-bond acceptors (Lipinski definition) is 2. The Labute approximate surface area is 104 Å². The molecule has 2 aromatic rings. The summed E-state index contributed by atoms with van der Waals surface area (Å²) in [7, 11) is 0. The fourth-order valence-electron chi connectivity index (χ4n) is 1.34. The van der Waals surface area contributed by atoms with Crippen molar-refractivity contribution in [1.29, 1.82) is 0 Å². The Bertz CT molecular complexity index is 471. The van der Waals surface area contributed by atoms with Gasteiger partial charge >= 0.3 is 0 Å². The molecular formula is C13H11ClOS. The third kappa shape index (κ3) is 2.71. The Morgan fingerprint density at radius 3 is 2.38 bits per heavy atom. The van der Waals surface area contributed by atoms with Crippen molar-refractivity contribution in [2.75, 3.05) is 6.26 Å². The highest BCUT2D eigenvalue weighted by Gasteiger charge is 2.02. The maximum Gasteiger partial charge on any atom is 0.128 e. The molecule has 0 saturated carbocycles. The number of hydrogen-bond donors (Lipinski definition) is 0. The van der Waals surface area contributed by atoms with Crippen molar-refractivity contribution >= 4 is 23.4 Å². The van der Waals surface area contributed by atoms with Gasteiger partial charge in [0, 0.05) is 11.0 Å². The number of halogens is 1. The van der Waals surface area contributed by atoms with E-state index in [4.69, 9.17) is 16.3 Å². The fourth-order valence-corrected chi connectivity index (χ4v) is 2.20. The molecule has 82 valence electrons. The molecular weight excluding hydrogens is 240 g/mol. The molecule has 0 aliphatic rings. The van der Waals surface area contributed by atoms with Crippen molar-refractivity contribution in [3.8, 4) is 11.5 Å². The standard InChI is InChI=1S/C13H11ClOS/c1-16-13-8-7-11(9-12(13)14)15-10-5-3-2-4-6-10/h2-9H,1H3.